The van der Waals surface area contributed by atoms with E-state index in [1.807, 2.05) is 18.2 Å². The van der Waals surface area contributed by atoms with E-state index in [1.165, 1.54) is 29.3 Å². The summed E-state index contributed by atoms with van der Waals surface area (Å²) in [5, 5.41) is 3.12. The molecule has 0 amide bonds. The Morgan fingerprint density at radius 1 is 1.21 bits per heavy atom. The summed E-state index contributed by atoms with van der Waals surface area (Å²) in [6.07, 6.45) is 8.29. The minimum Gasteiger partial charge on any atom is -0.492 e. The van der Waals surface area contributed by atoms with Gasteiger partial charge in [0.25, 0.3) is 10.0 Å². The van der Waals surface area contributed by atoms with Gasteiger partial charge < -0.3 is 14.6 Å². The zero-order chi connectivity index (χ0) is 27.3. The van der Waals surface area contributed by atoms with Crippen molar-refractivity contribution in [2.24, 2.45) is 7.05 Å². The normalized spacial score (nSPS) is 15.7. The Morgan fingerprint density at radius 3 is 2.53 bits per heavy atom. The van der Waals surface area contributed by atoms with Crippen LogP contribution in [-0.2, 0) is 28.9 Å². The van der Waals surface area contributed by atoms with Crippen LogP contribution in [0.3, 0.4) is 0 Å². The average molecular weight is 560 g/mol. The first-order valence-corrected chi connectivity index (χ1v) is 15.4. The zero-order valence-electron chi connectivity index (χ0n) is 22.8. The molecule has 1 aliphatic carbocycles. The van der Waals surface area contributed by atoms with Crippen molar-refractivity contribution in [3.8, 4) is 5.75 Å². The number of quaternary nitrogens is 1. The van der Waals surface area contributed by atoms with Gasteiger partial charge in [-0.1, -0.05) is 49.6 Å². The molecule has 0 radical (unpaired) electrons. The molecule has 2 aromatic carbocycles. The third-order valence-corrected chi connectivity index (χ3v) is 9.45. The van der Waals surface area contributed by atoms with Crippen molar-refractivity contribution in [1.29, 1.82) is 0 Å². The fourth-order valence-electron chi connectivity index (χ4n) is 5.54. The van der Waals surface area contributed by atoms with E-state index in [-0.39, 0.29) is 29.6 Å². The molecule has 1 aromatic heterocycles. The van der Waals surface area contributed by atoms with E-state index in [4.69, 9.17) is 16.3 Å². The fourth-order valence-corrected chi connectivity index (χ4v) is 6.71. The highest BCUT2D eigenvalue weighted by atomic mass is 35.5. The molecule has 38 heavy (non-hydrogen) atoms. The van der Waals surface area contributed by atoms with Crippen molar-refractivity contribution >= 4 is 21.6 Å². The summed E-state index contributed by atoms with van der Waals surface area (Å²) in [5.74, 6) is 1.40. The summed E-state index contributed by atoms with van der Waals surface area (Å²) in [4.78, 5) is 4.12. The Balaban J connectivity index is 1.53. The maximum absolute atomic E-state index is 12.6. The lowest BCUT2D eigenvalue weighted by molar-refractivity contribution is -0.682. The smallest absolute Gasteiger partial charge is 0.259 e. The molecule has 0 saturated heterocycles. The molecular weight excluding hydrogens is 520 g/mol. The number of nitrogens with two attached hydrogens (primary N) is 1. The average Bonchev–Trinajstić information content (AvgIpc) is 3.23. The second kappa shape index (κ2) is 12.2. The van der Waals surface area contributed by atoms with Gasteiger partial charge in [0.15, 0.2) is 5.03 Å². The number of hydrogen-bond donors (Lipinski definition) is 2. The lowest BCUT2D eigenvalue weighted by atomic mass is 9.58. The number of ether oxygens (including phenoxy) is 1. The van der Waals surface area contributed by atoms with Gasteiger partial charge in [0.1, 0.15) is 24.2 Å². The number of benzene rings is 2. The topological polar surface area (TPSA) is 89.8 Å². The van der Waals surface area contributed by atoms with Crippen LogP contribution in [0, 0.1) is 6.92 Å². The monoisotopic (exact) mass is 559 g/mol. The Kier molecular flexibility index (Phi) is 9.19. The maximum atomic E-state index is 12.6. The highest BCUT2D eigenvalue weighted by molar-refractivity contribution is 7.89. The molecular formula is C29H40ClN4O3S+. The lowest BCUT2D eigenvalue weighted by Gasteiger charge is -2.46. The number of imidazole rings is 1. The van der Waals surface area contributed by atoms with Crippen LogP contribution >= 0.6 is 11.6 Å². The molecule has 1 saturated carbocycles. The second-order valence-electron chi connectivity index (χ2n) is 10.3. The van der Waals surface area contributed by atoms with Gasteiger partial charge in [-0.15, -0.1) is 0 Å². The van der Waals surface area contributed by atoms with E-state index in [9.17, 15) is 8.42 Å². The molecule has 1 atom stereocenters. The standard InChI is InChI=1S/C29H39ClN4O3S/c1-5-6-8-22-9-14-25(37-18-17-32-38(35,36)27-20-34(4)21(2)33-27)19-26(22)28(31-3)29(15-7-16-29)23-10-12-24(30)13-11-23/h9-14,19-20,28,31-32H,5-8,15-18H2,1-4H3/p+1. The van der Waals surface area contributed by atoms with E-state index in [2.05, 4.69) is 53.3 Å². The molecule has 0 aliphatic heterocycles. The molecule has 3 N–H and O–H groups in total. The van der Waals surface area contributed by atoms with Crippen LogP contribution < -0.4 is 14.8 Å². The van der Waals surface area contributed by atoms with Crippen molar-refractivity contribution in [3.63, 3.8) is 0 Å². The van der Waals surface area contributed by atoms with Crippen LogP contribution in [0.15, 0.2) is 53.7 Å². The summed E-state index contributed by atoms with van der Waals surface area (Å²) in [6, 6.07) is 15.0. The molecule has 1 aliphatic rings. The first-order chi connectivity index (χ1) is 18.2. The van der Waals surface area contributed by atoms with E-state index >= 15 is 0 Å². The summed E-state index contributed by atoms with van der Waals surface area (Å²) >= 11 is 6.22. The third kappa shape index (κ3) is 6.09. The molecule has 7 nitrogen and oxygen atoms in total. The molecule has 4 rings (SSSR count). The van der Waals surface area contributed by atoms with Crippen molar-refractivity contribution < 1.29 is 18.5 Å². The Bertz CT molecular complexity index is 1310. The van der Waals surface area contributed by atoms with Gasteiger partial charge in [-0.25, -0.2) is 18.1 Å². The predicted molar refractivity (Wildman–Crippen MR) is 151 cm³/mol. The van der Waals surface area contributed by atoms with E-state index in [0.717, 1.165) is 42.9 Å². The van der Waals surface area contributed by atoms with Crippen molar-refractivity contribution in [2.75, 3.05) is 20.2 Å². The number of aryl methyl sites for hydroxylation is 3. The number of likely N-dealkylation sites (N-methyl/N-ethyl adjacent to an activating group) is 1. The van der Waals surface area contributed by atoms with Gasteiger partial charge in [0, 0.05) is 30.4 Å². The summed E-state index contributed by atoms with van der Waals surface area (Å²) in [6.45, 7) is 4.37. The molecule has 3 aromatic rings. The number of halogens is 1. The number of rotatable bonds is 13. The van der Waals surface area contributed by atoms with Crippen LogP contribution in [0.1, 0.15) is 67.6 Å². The first-order valence-electron chi connectivity index (χ1n) is 13.5. The van der Waals surface area contributed by atoms with Crippen LogP contribution in [0.25, 0.3) is 0 Å². The summed E-state index contributed by atoms with van der Waals surface area (Å²) in [7, 11) is 0.246. The SMILES string of the molecule is CCCCc1ccc(OCCNS(=O)(=O)c2cn(C)c(C)n2)cc1C([NH2+]C)C1(c2ccc(Cl)cc2)CCC1. The fraction of sp³-hybridized carbons (Fsp3) is 0.483. The number of nitrogens with one attached hydrogen (secondary N) is 1. The summed E-state index contributed by atoms with van der Waals surface area (Å²) in [5.41, 5.74) is 4.05. The van der Waals surface area contributed by atoms with Gasteiger partial charge >= 0.3 is 0 Å². The minimum absolute atomic E-state index is 0.0226. The molecule has 1 fully saturated rings. The quantitative estimate of drug-likeness (QED) is 0.303. The number of unbranched alkanes of at least 4 members (excludes halogenated alkanes) is 1. The number of nitrogens with zero attached hydrogens (tertiary/aromatic N) is 2. The molecule has 0 bridgehead atoms. The van der Waals surface area contributed by atoms with Crippen LogP contribution in [0.2, 0.25) is 5.02 Å². The highest BCUT2D eigenvalue weighted by Gasteiger charge is 2.49. The molecule has 0 spiro atoms. The Hall–Kier alpha value is -2.39. The summed E-state index contributed by atoms with van der Waals surface area (Å²) < 4.78 is 35.5. The van der Waals surface area contributed by atoms with Gasteiger partial charge in [-0.2, -0.15) is 0 Å². The van der Waals surface area contributed by atoms with Crippen molar-refractivity contribution in [1.82, 2.24) is 14.3 Å². The van der Waals surface area contributed by atoms with E-state index < -0.39 is 10.0 Å². The first kappa shape index (κ1) is 28.6. The van der Waals surface area contributed by atoms with Crippen LogP contribution in [0.4, 0.5) is 0 Å². The van der Waals surface area contributed by atoms with Crippen LogP contribution in [0.5, 0.6) is 5.75 Å². The predicted octanol–water partition coefficient (Wildman–Crippen LogP) is 4.44. The number of sulfonamides is 1. The number of hydrogen-bond acceptors (Lipinski definition) is 4. The molecule has 1 heterocycles. The van der Waals surface area contributed by atoms with Gasteiger partial charge in [0.05, 0.1) is 12.5 Å². The number of aromatic nitrogens is 2. The Labute approximate surface area is 232 Å². The zero-order valence-corrected chi connectivity index (χ0v) is 24.4. The van der Waals surface area contributed by atoms with Gasteiger partial charge in [0.2, 0.25) is 0 Å². The van der Waals surface area contributed by atoms with Crippen LogP contribution in [-0.4, -0.2) is 38.2 Å². The molecule has 206 valence electrons. The lowest BCUT2D eigenvalue weighted by Crippen LogP contribution is -2.85. The highest BCUT2D eigenvalue weighted by Crippen LogP contribution is 2.51. The minimum atomic E-state index is -3.68. The van der Waals surface area contributed by atoms with Crippen molar-refractivity contribution in [3.05, 3.63) is 76.2 Å². The third-order valence-electron chi connectivity index (χ3n) is 7.87. The van der Waals surface area contributed by atoms with Gasteiger partial charge in [-0.3, -0.25) is 0 Å². The van der Waals surface area contributed by atoms with E-state index in [1.54, 1.807) is 18.5 Å². The van der Waals surface area contributed by atoms with Gasteiger partial charge in [-0.05, 0) is 68.0 Å². The molecule has 9 heteroatoms. The van der Waals surface area contributed by atoms with Crippen molar-refractivity contribution in [2.45, 2.75) is 68.9 Å². The second-order valence-corrected chi connectivity index (χ2v) is 12.4. The Morgan fingerprint density at radius 2 is 1.95 bits per heavy atom. The largest absolute Gasteiger partial charge is 0.492 e. The maximum Gasteiger partial charge on any atom is 0.259 e. The molecule has 1 unspecified atom stereocenters. The van der Waals surface area contributed by atoms with E-state index in [0.29, 0.717) is 5.82 Å².